The Labute approximate surface area is 174 Å². The predicted octanol–water partition coefficient (Wildman–Crippen LogP) is 3.80. The zero-order valence-electron chi connectivity index (χ0n) is 17.0. The van der Waals surface area contributed by atoms with Crippen molar-refractivity contribution in [3.63, 3.8) is 0 Å². The fourth-order valence-electron chi connectivity index (χ4n) is 3.64. The maximum Gasteiger partial charge on any atom is 0.318 e. The van der Waals surface area contributed by atoms with Gasteiger partial charge in [0, 0.05) is 13.1 Å². The number of hydrogen-bond donors (Lipinski definition) is 1. The molecule has 1 aliphatic rings. The molecule has 3 aromatic rings. The zero-order chi connectivity index (χ0) is 20.9. The molecule has 4 rings (SSSR count). The molecule has 0 aliphatic carbocycles. The van der Waals surface area contributed by atoms with Gasteiger partial charge in [-0.2, -0.15) is 4.98 Å². The molecule has 30 heavy (non-hydrogen) atoms. The molecule has 2 aromatic carbocycles. The number of hydrogen-bond acceptors (Lipinski definition) is 6. The van der Waals surface area contributed by atoms with Gasteiger partial charge in [0.1, 0.15) is 17.5 Å². The molecule has 2 amide bonds. The van der Waals surface area contributed by atoms with Crippen LogP contribution in [-0.4, -0.2) is 41.8 Å². The molecule has 1 atom stereocenters. The number of amides is 2. The van der Waals surface area contributed by atoms with Crippen LogP contribution in [0.15, 0.2) is 53.1 Å². The zero-order valence-corrected chi connectivity index (χ0v) is 17.0. The van der Waals surface area contributed by atoms with Crippen LogP contribution in [0.4, 0.5) is 4.79 Å². The number of rotatable bonds is 6. The van der Waals surface area contributed by atoms with E-state index in [1.807, 2.05) is 48.5 Å². The summed E-state index contributed by atoms with van der Waals surface area (Å²) in [7, 11) is 3.22. The minimum Gasteiger partial charge on any atom is -0.497 e. The van der Waals surface area contributed by atoms with E-state index in [9.17, 15) is 4.79 Å². The average molecular weight is 408 g/mol. The van der Waals surface area contributed by atoms with Gasteiger partial charge < -0.3 is 24.2 Å². The Kier molecular flexibility index (Phi) is 5.83. The van der Waals surface area contributed by atoms with Gasteiger partial charge in [-0.15, -0.1) is 0 Å². The monoisotopic (exact) mass is 408 g/mol. The van der Waals surface area contributed by atoms with Crippen LogP contribution in [0, 0.1) is 0 Å². The van der Waals surface area contributed by atoms with E-state index in [0.717, 1.165) is 29.7 Å². The normalized spacial score (nSPS) is 15.8. The fraction of sp³-hybridized carbons (Fsp3) is 0.318. The Hall–Kier alpha value is -3.55. The highest BCUT2D eigenvalue weighted by Crippen LogP contribution is 2.33. The van der Waals surface area contributed by atoms with Crippen molar-refractivity contribution in [3.8, 4) is 22.9 Å². The lowest BCUT2D eigenvalue weighted by Gasteiger charge is -2.22. The minimum absolute atomic E-state index is 0.155. The first-order chi connectivity index (χ1) is 14.7. The van der Waals surface area contributed by atoms with E-state index in [1.165, 1.54) is 0 Å². The van der Waals surface area contributed by atoms with Gasteiger partial charge in [0.15, 0.2) is 0 Å². The third-order valence-corrected chi connectivity index (χ3v) is 5.17. The van der Waals surface area contributed by atoms with Crippen molar-refractivity contribution < 1.29 is 18.8 Å². The molecular formula is C22H24N4O4. The Morgan fingerprint density at radius 1 is 1.20 bits per heavy atom. The summed E-state index contributed by atoms with van der Waals surface area (Å²) in [4.78, 5) is 19.1. The molecule has 2 heterocycles. The second-order valence-electron chi connectivity index (χ2n) is 7.02. The smallest absolute Gasteiger partial charge is 0.318 e. The number of nitrogens with one attached hydrogen (secondary N) is 1. The first-order valence-electron chi connectivity index (χ1n) is 9.84. The van der Waals surface area contributed by atoms with Gasteiger partial charge in [0.2, 0.25) is 11.7 Å². The number of aromatic nitrogens is 2. The van der Waals surface area contributed by atoms with E-state index in [4.69, 9.17) is 14.0 Å². The summed E-state index contributed by atoms with van der Waals surface area (Å²) in [5.41, 5.74) is 1.72. The molecule has 1 fully saturated rings. The van der Waals surface area contributed by atoms with E-state index >= 15 is 0 Å². The van der Waals surface area contributed by atoms with Crippen molar-refractivity contribution in [2.75, 3.05) is 20.8 Å². The first-order valence-corrected chi connectivity index (χ1v) is 9.84. The summed E-state index contributed by atoms with van der Waals surface area (Å²) in [6, 6.07) is 14.7. The number of para-hydroxylation sites is 1. The predicted molar refractivity (Wildman–Crippen MR) is 110 cm³/mol. The maximum absolute atomic E-state index is 12.8. The summed E-state index contributed by atoms with van der Waals surface area (Å²) >= 11 is 0. The molecule has 1 aromatic heterocycles. The molecule has 1 aliphatic heterocycles. The van der Waals surface area contributed by atoms with Crippen LogP contribution in [0.25, 0.3) is 11.4 Å². The first kappa shape index (κ1) is 19.8. The Bertz CT molecular complexity index is 1020. The molecule has 1 saturated heterocycles. The lowest BCUT2D eigenvalue weighted by molar-refractivity contribution is 0.180. The van der Waals surface area contributed by atoms with Gasteiger partial charge in [-0.05, 0) is 42.7 Å². The molecule has 8 heteroatoms. The van der Waals surface area contributed by atoms with E-state index < -0.39 is 0 Å². The fourth-order valence-corrected chi connectivity index (χ4v) is 3.64. The van der Waals surface area contributed by atoms with Crippen molar-refractivity contribution in [2.24, 2.45) is 0 Å². The highest BCUT2D eigenvalue weighted by molar-refractivity contribution is 5.75. The number of ether oxygens (including phenoxy) is 2. The Balaban J connectivity index is 1.46. The number of urea groups is 1. The van der Waals surface area contributed by atoms with Crippen LogP contribution in [-0.2, 0) is 6.54 Å². The molecule has 1 N–H and O–H groups in total. The van der Waals surface area contributed by atoms with Gasteiger partial charge in [-0.3, -0.25) is 0 Å². The molecule has 8 nitrogen and oxygen atoms in total. The Morgan fingerprint density at radius 2 is 2.07 bits per heavy atom. The summed E-state index contributed by atoms with van der Waals surface area (Å²) < 4.78 is 16.1. The molecule has 0 saturated carbocycles. The molecule has 0 spiro atoms. The largest absolute Gasteiger partial charge is 0.497 e. The maximum atomic E-state index is 12.8. The number of likely N-dealkylation sites (tertiary alicyclic amines) is 1. The summed E-state index contributed by atoms with van der Waals surface area (Å²) in [6.07, 6.45) is 1.66. The van der Waals surface area contributed by atoms with Gasteiger partial charge in [0.05, 0.1) is 19.8 Å². The number of methoxy groups -OCH3 is 2. The molecule has 0 bridgehead atoms. The van der Waals surface area contributed by atoms with Crippen LogP contribution in [0.5, 0.6) is 11.5 Å². The van der Waals surface area contributed by atoms with Crippen molar-refractivity contribution in [3.05, 3.63) is 60.0 Å². The number of carbonyl (C=O) groups excluding carboxylic acids is 1. The molecule has 0 radical (unpaired) electrons. The van der Waals surface area contributed by atoms with Gasteiger partial charge in [-0.25, -0.2) is 4.79 Å². The number of carbonyl (C=O) groups is 1. The topological polar surface area (TPSA) is 89.7 Å². The second-order valence-corrected chi connectivity index (χ2v) is 7.02. The van der Waals surface area contributed by atoms with E-state index in [-0.39, 0.29) is 12.1 Å². The number of benzene rings is 2. The molecular weight excluding hydrogens is 384 g/mol. The van der Waals surface area contributed by atoms with Gasteiger partial charge in [0.25, 0.3) is 0 Å². The van der Waals surface area contributed by atoms with E-state index in [1.54, 1.807) is 19.1 Å². The average Bonchev–Trinajstić information content (AvgIpc) is 3.47. The third-order valence-electron chi connectivity index (χ3n) is 5.17. The van der Waals surface area contributed by atoms with Crippen LogP contribution in [0.1, 0.15) is 30.3 Å². The standard InChI is InChI=1S/C22H24N4O4/c1-28-16-8-5-7-15(13-16)14-23-22(27)26-12-6-10-18(26)21-24-20(25-30-21)17-9-3-4-11-19(17)29-2/h3-5,7-9,11,13,18H,6,10,12,14H2,1-2H3,(H,23,27). The van der Waals surface area contributed by atoms with Crippen LogP contribution >= 0.6 is 0 Å². The number of nitrogens with zero attached hydrogens (tertiary/aromatic N) is 3. The van der Waals surface area contributed by atoms with Crippen molar-refractivity contribution in [2.45, 2.75) is 25.4 Å². The Morgan fingerprint density at radius 3 is 2.90 bits per heavy atom. The SMILES string of the molecule is COc1cccc(CNC(=O)N2CCCC2c2nc(-c3ccccc3OC)no2)c1. The highest BCUT2D eigenvalue weighted by atomic mass is 16.5. The molecule has 156 valence electrons. The van der Waals surface area contributed by atoms with E-state index in [0.29, 0.717) is 30.6 Å². The lowest BCUT2D eigenvalue weighted by Crippen LogP contribution is -2.39. The third kappa shape index (κ3) is 4.07. The van der Waals surface area contributed by atoms with Crippen molar-refractivity contribution >= 4 is 6.03 Å². The van der Waals surface area contributed by atoms with Gasteiger partial charge in [-0.1, -0.05) is 29.4 Å². The van der Waals surface area contributed by atoms with Crippen molar-refractivity contribution in [1.29, 1.82) is 0 Å². The van der Waals surface area contributed by atoms with Crippen molar-refractivity contribution in [1.82, 2.24) is 20.4 Å². The summed E-state index contributed by atoms with van der Waals surface area (Å²) in [6.45, 7) is 1.05. The van der Waals surface area contributed by atoms with Crippen LogP contribution in [0.3, 0.4) is 0 Å². The minimum atomic E-state index is -0.244. The highest BCUT2D eigenvalue weighted by Gasteiger charge is 2.34. The van der Waals surface area contributed by atoms with Crippen LogP contribution in [0.2, 0.25) is 0 Å². The summed E-state index contributed by atoms with van der Waals surface area (Å²) in [5, 5.41) is 7.08. The van der Waals surface area contributed by atoms with Crippen LogP contribution < -0.4 is 14.8 Å². The summed E-state index contributed by atoms with van der Waals surface area (Å²) in [5.74, 6) is 2.32. The quantitative estimate of drug-likeness (QED) is 0.667. The second kappa shape index (κ2) is 8.86. The lowest BCUT2D eigenvalue weighted by atomic mass is 10.2. The van der Waals surface area contributed by atoms with E-state index in [2.05, 4.69) is 15.5 Å². The molecule has 1 unspecified atom stereocenters. The van der Waals surface area contributed by atoms with Gasteiger partial charge >= 0.3 is 6.03 Å².